The molecule has 0 bridgehead atoms. The molecule has 0 spiro atoms. The summed E-state index contributed by atoms with van der Waals surface area (Å²) in [5.74, 6) is -0.0478. The van der Waals surface area contributed by atoms with Gasteiger partial charge < -0.3 is 19.5 Å². The van der Waals surface area contributed by atoms with E-state index < -0.39 is 18.1 Å². The third kappa shape index (κ3) is 3.22. The van der Waals surface area contributed by atoms with Gasteiger partial charge in [-0.25, -0.2) is 4.79 Å². The molecule has 2 aromatic rings. The summed E-state index contributed by atoms with van der Waals surface area (Å²) in [4.78, 5) is 25.7. The molecule has 2 atom stereocenters. The second-order valence-corrected chi connectivity index (χ2v) is 6.12. The Morgan fingerprint density at radius 3 is 2.38 bits per heavy atom. The first kappa shape index (κ1) is 17.8. The highest BCUT2D eigenvalue weighted by atomic mass is 16.5. The summed E-state index contributed by atoms with van der Waals surface area (Å²) in [5, 5.41) is 9.59. The predicted molar refractivity (Wildman–Crippen MR) is 95.3 cm³/mol. The first-order valence-corrected chi connectivity index (χ1v) is 8.37. The van der Waals surface area contributed by atoms with Gasteiger partial charge in [0, 0.05) is 6.42 Å². The second kappa shape index (κ2) is 7.47. The third-order valence-corrected chi connectivity index (χ3v) is 4.66. The number of hydrogen-bond donors (Lipinski definition) is 1. The Hall–Kier alpha value is -3.02. The van der Waals surface area contributed by atoms with Gasteiger partial charge in [-0.3, -0.25) is 4.79 Å². The van der Waals surface area contributed by atoms with Crippen LogP contribution in [0, 0.1) is 0 Å². The predicted octanol–water partition coefficient (Wildman–Crippen LogP) is 2.87. The maximum atomic E-state index is 12.6. The zero-order valence-electron chi connectivity index (χ0n) is 14.7. The number of likely N-dealkylation sites (tertiary alicyclic amines) is 1. The molecule has 1 fully saturated rings. The van der Waals surface area contributed by atoms with Crippen LogP contribution in [0.15, 0.2) is 48.5 Å². The van der Waals surface area contributed by atoms with Crippen molar-refractivity contribution in [2.24, 2.45) is 0 Å². The van der Waals surface area contributed by atoms with E-state index in [2.05, 4.69) is 0 Å². The molecular formula is C20H21NO5. The lowest BCUT2D eigenvalue weighted by atomic mass is 9.95. The molecule has 1 unspecified atom stereocenters. The van der Waals surface area contributed by atoms with Crippen molar-refractivity contribution in [1.82, 2.24) is 4.90 Å². The number of rotatable bonds is 6. The van der Waals surface area contributed by atoms with Crippen LogP contribution < -0.4 is 9.47 Å². The van der Waals surface area contributed by atoms with E-state index in [-0.39, 0.29) is 12.3 Å². The largest absolute Gasteiger partial charge is 0.493 e. The fourth-order valence-electron chi connectivity index (χ4n) is 3.44. The molecule has 1 heterocycles. The lowest BCUT2D eigenvalue weighted by Crippen LogP contribution is -2.41. The molecule has 0 aromatic heterocycles. The summed E-state index contributed by atoms with van der Waals surface area (Å²) < 4.78 is 10.7. The summed E-state index contributed by atoms with van der Waals surface area (Å²) >= 11 is 0. The number of ether oxygens (including phenoxy) is 2. The van der Waals surface area contributed by atoms with Gasteiger partial charge in [0.25, 0.3) is 0 Å². The number of carbonyl (C=O) groups is 2. The smallest absolute Gasteiger partial charge is 0.326 e. The highest BCUT2D eigenvalue weighted by Crippen LogP contribution is 2.39. The lowest BCUT2D eigenvalue weighted by Gasteiger charge is -2.32. The van der Waals surface area contributed by atoms with E-state index in [0.717, 1.165) is 11.1 Å². The summed E-state index contributed by atoms with van der Waals surface area (Å²) in [6.45, 7) is 0. The summed E-state index contributed by atoms with van der Waals surface area (Å²) in [7, 11) is 3.09. The molecule has 1 saturated heterocycles. The third-order valence-electron chi connectivity index (χ3n) is 4.66. The van der Waals surface area contributed by atoms with Crippen LogP contribution in [-0.2, 0) is 9.59 Å². The Bertz CT molecular complexity index is 805. The van der Waals surface area contributed by atoms with Gasteiger partial charge in [-0.05, 0) is 29.7 Å². The number of carboxylic acids is 1. The van der Waals surface area contributed by atoms with Gasteiger partial charge in [-0.1, -0.05) is 36.4 Å². The molecule has 136 valence electrons. The van der Waals surface area contributed by atoms with Crippen molar-refractivity contribution in [2.75, 3.05) is 14.2 Å². The minimum Gasteiger partial charge on any atom is -0.493 e. The molecule has 2 aromatic carbocycles. The Morgan fingerprint density at radius 2 is 1.77 bits per heavy atom. The zero-order chi connectivity index (χ0) is 18.7. The molecule has 26 heavy (non-hydrogen) atoms. The van der Waals surface area contributed by atoms with Gasteiger partial charge in [0.2, 0.25) is 5.91 Å². The lowest BCUT2D eigenvalue weighted by molar-refractivity contribution is -0.147. The Kier molecular flexibility index (Phi) is 5.11. The molecule has 1 aliphatic rings. The summed E-state index contributed by atoms with van der Waals surface area (Å²) in [6, 6.07) is 13.5. The minimum atomic E-state index is -0.989. The molecule has 0 saturated carbocycles. The van der Waals surface area contributed by atoms with Gasteiger partial charge >= 0.3 is 5.97 Å². The van der Waals surface area contributed by atoms with Crippen LogP contribution in [0.25, 0.3) is 0 Å². The van der Waals surface area contributed by atoms with Crippen LogP contribution in [0.1, 0.15) is 30.0 Å². The van der Waals surface area contributed by atoms with Crippen molar-refractivity contribution < 1.29 is 24.2 Å². The number of hydrogen-bond acceptors (Lipinski definition) is 4. The number of aliphatic carboxylic acids is 1. The van der Waals surface area contributed by atoms with Crippen LogP contribution >= 0.6 is 0 Å². The number of benzene rings is 2. The molecular weight excluding hydrogens is 334 g/mol. The number of carbonyl (C=O) groups excluding carboxylic acids is 1. The van der Waals surface area contributed by atoms with Crippen LogP contribution in [-0.4, -0.2) is 42.1 Å². The first-order valence-electron chi connectivity index (χ1n) is 8.37. The van der Waals surface area contributed by atoms with Gasteiger partial charge in [-0.15, -0.1) is 0 Å². The first-order chi connectivity index (χ1) is 12.6. The van der Waals surface area contributed by atoms with E-state index in [0.29, 0.717) is 17.9 Å². The van der Waals surface area contributed by atoms with E-state index >= 15 is 0 Å². The monoisotopic (exact) mass is 355 g/mol. The van der Waals surface area contributed by atoms with Crippen molar-refractivity contribution in [3.8, 4) is 11.5 Å². The Balaban J connectivity index is 2.13. The fourth-order valence-corrected chi connectivity index (χ4v) is 3.44. The van der Waals surface area contributed by atoms with Crippen LogP contribution in [0.3, 0.4) is 0 Å². The number of nitrogens with zero attached hydrogens (tertiary/aromatic N) is 1. The van der Waals surface area contributed by atoms with Gasteiger partial charge in [0.15, 0.2) is 11.5 Å². The van der Waals surface area contributed by atoms with E-state index in [1.54, 1.807) is 26.4 Å². The molecule has 3 rings (SSSR count). The topological polar surface area (TPSA) is 76.1 Å². The maximum Gasteiger partial charge on any atom is 0.326 e. The summed E-state index contributed by atoms with van der Waals surface area (Å²) in [5.41, 5.74) is 1.62. The fraction of sp³-hybridized carbons (Fsp3) is 0.300. The van der Waals surface area contributed by atoms with Crippen LogP contribution in [0.4, 0.5) is 0 Å². The normalized spacial score (nSPS) is 17.8. The van der Waals surface area contributed by atoms with Crippen molar-refractivity contribution in [3.05, 3.63) is 59.7 Å². The quantitative estimate of drug-likeness (QED) is 0.862. The van der Waals surface area contributed by atoms with E-state index in [9.17, 15) is 14.7 Å². The Labute approximate surface area is 152 Å². The molecule has 1 N–H and O–H groups in total. The molecule has 1 amide bonds. The van der Waals surface area contributed by atoms with Gasteiger partial charge in [0.1, 0.15) is 6.04 Å². The second-order valence-electron chi connectivity index (χ2n) is 6.12. The van der Waals surface area contributed by atoms with Gasteiger partial charge in [-0.2, -0.15) is 0 Å². The highest BCUT2D eigenvalue weighted by molar-refractivity contribution is 5.88. The average molecular weight is 355 g/mol. The van der Waals surface area contributed by atoms with Crippen LogP contribution in [0.2, 0.25) is 0 Å². The molecule has 0 aliphatic carbocycles. The highest BCUT2D eigenvalue weighted by Gasteiger charge is 2.41. The minimum absolute atomic E-state index is 0.166. The van der Waals surface area contributed by atoms with Crippen molar-refractivity contribution in [3.63, 3.8) is 0 Å². The molecule has 6 heteroatoms. The Morgan fingerprint density at radius 1 is 1.08 bits per heavy atom. The van der Waals surface area contributed by atoms with E-state index in [1.165, 1.54) is 4.90 Å². The molecule has 6 nitrogen and oxygen atoms in total. The number of methoxy groups -OCH3 is 2. The van der Waals surface area contributed by atoms with E-state index in [1.807, 2.05) is 36.4 Å². The maximum absolute atomic E-state index is 12.6. The van der Waals surface area contributed by atoms with Gasteiger partial charge in [0.05, 0.1) is 20.3 Å². The standard InChI is InChI=1S/C20H21NO5/c1-25-16-10-8-14(12-17(16)26-2)19(13-6-4-3-5-7-13)21-15(20(23)24)9-11-18(21)22/h3-8,10,12,15,19H,9,11H2,1-2H3,(H,23,24)/t15-,19?/m0/s1. The SMILES string of the molecule is COc1ccc(C(c2ccccc2)N2C(=O)CC[C@H]2C(=O)O)cc1OC. The van der Waals surface area contributed by atoms with Crippen molar-refractivity contribution >= 4 is 11.9 Å². The molecule has 1 aliphatic heterocycles. The number of carboxylic acid groups (broad SMARTS) is 1. The van der Waals surface area contributed by atoms with Crippen LogP contribution in [0.5, 0.6) is 11.5 Å². The summed E-state index contributed by atoms with van der Waals surface area (Å²) in [6.07, 6.45) is 0.540. The molecule has 0 radical (unpaired) electrons. The van der Waals surface area contributed by atoms with Crippen molar-refractivity contribution in [2.45, 2.75) is 24.9 Å². The average Bonchev–Trinajstić information content (AvgIpc) is 3.04. The van der Waals surface area contributed by atoms with E-state index in [4.69, 9.17) is 9.47 Å². The van der Waals surface area contributed by atoms with Crippen molar-refractivity contribution in [1.29, 1.82) is 0 Å². The zero-order valence-corrected chi connectivity index (χ0v) is 14.7. The number of amides is 1.